The molecule has 1 aliphatic heterocycles. The van der Waals surface area contributed by atoms with Gasteiger partial charge in [0, 0.05) is 11.3 Å². The highest BCUT2D eigenvalue weighted by atomic mass is 16.7. The van der Waals surface area contributed by atoms with Crippen LogP contribution in [0.1, 0.15) is 11.4 Å². The first-order chi connectivity index (χ1) is 9.13. The smallest absolute Gasteiger partial charge is 0.231 e. The number of aryl methyl sites for hydroxylation is 1. The molecule has 6 heteroatoms. The number of H-pyrrole nitrogens is 1. The Balaban J connectivity index is 1.96. The molecule has 0 atom stereocenters. The first-order valence-corrected chi connectivity index (χ1v) is 5.87. The van der Waals surface area contributed by atoms with Gasteiger partial charge in [0.25, 0.3) is 0 Å². The number of imidazole rings is 1. The number of rotatable bonds is 3. The predicted octanol–water partition coefficient (Wildman–Crippen LogP) is 1.14. The molecule has 3 N–H and O–H groups in total. The van der Waals surface area contributed by atoms with Crippen LogP contribution >= 0.6 is 0 Å². The lowest BCUT2D eigenvalue weighted by atomic mass is 10.2. The van der Waals surface area contributed by atoms with Crippen molar-refractivity contribution < 1.29 is 14.3 Å². The topological polar surface area (TPSA) is 90.2 Å². The largest absolute Gasteiger partial charge is 0.454 e. The Hall–Kier alpha value is -2.50. The number of nitrogens with two attached hydrogens (primary N) is 1. The zero-order valence-electron chi connectivity index (χ0n) is 10.4. The van der Waals surface area contributed by atoms with Crippen LogP contribution in [0.2, 0.25) is 0 Å². The van der Waals surface area contributed by atoms with E-state index in [0.717, 1.165) is 17.0 Å². The molecule has 3 rings (SSSR count). The maximum atomic E-state index is 11.0. The molecule has 0 fully saturated rings. The van der Waals surface area contributed by atoms with Crippen molar-refractivity contribution in [1.29, 1.82) is 0 Å². The number of benzene rings is 1. The van der Waals surface area contributed by atoms with Crippen molar-refractivity contribution in [1.82, 2.24) is 9.97 Å². The number of carbonyl (C=O) groups excluding carboxylic acids is 1. The van der Waals surface area contributed by atoms with Gasteiger partial charge in [-0.1, -0.05) is 0 Å². The molecule has 2 aromatic rings. The lowest BCUT2D eigenvalue weighted by Crippen LogP contribution is -2.14. The Labute approximate surface area is 109 Å². The van der Waals surface area contributed by atoms with E-state index in [9.17, 15) is 4.79 Å². The second-order valence-electron chi connectivity index (χ2n) is 4.37. The van der Waals surface area contributed by atoms with E-state index in [1.807, 2.05) is 25.1 Å². The summed E-state index contributed by atoms with van der Waals surface area (Å²) in [6.07, 6.45) is 0.132. The Morgan fingerprint density at radius 3 is 3.00 bits per heavy atom. The first-order valence-electron chi connectivity index (χ1n) is 5.87. The van der Waals surface area contributed by atoms with E-state index in [2.05, 4.69) is 9.97 Å². The number of nitrogens with zero attached hydrogens (tertiary/aromatic N) is 1. The summed E-state index contributed by atoms with van der Waals surface area (Å²) in [5.74, 6) is 1.71. The van der Waals surface area contributed by atoms with Crippen LogP contribution < -0.4 is 15.2 Å². The van der Waals surface area contributed by atoms with Crippen molar-refractivity contribution in [2.24, 2.45) is 5.73 Å². The van der Waals surface area contributed by atoms with Crippen molar-refractivity contribution in [3.63, 3.8) is 0 Å². The highest BCUT2D eigenvalue weighted by Gasteiger charge is 2.16. The Morgan fingerprint density at radius 2 is 2.21 bits per heavy atom. The fraction of sp³-hybridized carbons (Fsp3) is 0.231. The molecule has 1 amide bonds. The molecule has 98 valence electrons. The predicted molar refractivity (Wildman–Crippen MR) is 67.8 cm³/mol. The van der Waals surface area contributed by atoms with Gasteiger partial charge in [-0.3, -0.25) is 4.79 Å². The minimum Gasteiger partial charge on any atom is -0.454 e. The van der Waals surface area contributed by atoms with Gasteiger partial charge in [-0.15, -0.1) is 0 Å². The number of aromatic nitrogens is 2. The number of hydrogen-bond donors (Lipinski definition) is 2. The standard InChI is InChI=1S/C13H13N3O3/c1-7-9(5-12(14)17)16-13(15-7)8-2-3-10-11(4-8)19-6-18-10/h2-4H,5-6H2,1H3,(H2,14,17)(H,15,16). The first kappa shape index (κ1) is 11.6. The van der Waals surface area contributed by atoms with Crippen molar-refractivity contribution >= 4 is 5.91 Å². The molecular weight excluding hydrogens is 246 g/mol. The molecular formula is C13H13N3O3. The summed E-state index contributed by atoms with van der Waals surface area (Å²) in [5, 5.41) is 0. The summed E-state index contributed by atoms with van der Waals surface area (Å²) in [5.41, 5.74) is 7.57. The maximum Gasteiger partial charge on any atom is 0.231 e. The van der Waals surface area contributed by atoms with Crippen LogP contribution in [0.3, 0.4) is 0 Å². The third kappa shape index (κ3) is 2.12. The molecule has 2 heterocycles. The fourth-order valence-electron chi connectivity index (χ4n) is 2.01. The van der Waals surface area contributed by atoms with Gasteiger partial charge in [0.2, 0.25) is 12.7 Å². The maximum absolute atomic E-state index is 11.0. The summed E-state index contributed by atoms with van der Waals surface area (Å²) in [4.78, 5) is 18.5. The van der Waals surface area contributed by atoms with Crippen molar-refractivity contribution in [2.45, 2.75) is 13.3 Å². The molecule has 0 radical (unpaired) electrons. The van der Waals surface area contributed by atoms with Crippen LogP contribution in [0, 0.1) is 6.92 Å². The lowest BCUT2D eigenvalue weighted by molar-refractivity contribution is -0.117. The normalized spacial score (nSPS) is 12.7. The highest BCUT2D eigenvalue weighted by molar-refractivity contribution is 5.76. The molecule has 6 nitrogen and oxygen atoms in total. The third-order valence-corrected chi connectivity index (χ3v) is 2.97. The van der Waals surface area contributed by atoms with Gasteiger partial charge in [-0.2, -0.15) is 0 Å². The van der Waals surface area contributed by atoms with Crippen LogP contribution in [0.15, 0.2) is 18.2 Å². The summed E-state index contributed by atoms with van der Waals surface area (Å²) in [6, 6.07) is 5.58. The van der Waals surface area contributed by atoms with Gasteiger partial charge in [0.05, 0.1) is 12.1 Å². The number of amides is 1. The van der Waals surface area contributed by atoms with Gasteiger partial charge in [0.1, 0.15) is 5.82 Å². The summed E-state index contributed by atoms with van der Waals surface area (Å²) >= 11 is 0. The number of carbonyl (C=O) groups is 1. The van der Waals surface area contributed by atoms with E-state index >= 15 is 0 Å². The van der Waals surface area contributed by atoms with E-state index in [1.54, 1.807) is 0 Å². The van der Waals surface area contributed by atoms with E-state index in [-0.39, 0.29) is 13.2 Å². The molecule has 0 saturated carbocycles. The van der Waals surface area contributed by atoms with Gasteiger partial charge in [-0.05, 0) is 25.1 Å². The lowest BCUT2D eigenvalue weighted by Gasteiger charge is -1.99. The number of primary amides is 1. The van der Waals surface area contributed by atoms with Crippen LogP contribution in [-0.4, -0.2) is 22.7 Å². The number of nitrogens with one attached hydrogen (secondary N) is 1. The van der Waals surface area contributed by atoms with Gasteiger partial charge in [-0.25, -0.2) is 4.98 Å². The van der Waals surface area contributed by atoms with Crippen molar-refractivity contribution in [2.75, 3.05) is 6.79 Å². The number of aromatic amines is 1. The molecule has 1 aliphatic rings. The van der Waals surface area contributed by atoms with Crippen LogP contribution in [0.25, 0.3) is 11.4 Å². The molecule has 0 aliphatic carbocycles. The number of fused-ring (bicyclic) bond motifs is 1. The van der Waals surface area contributed by atoms with Crippen molar-refractivity contribution in [3.8, 4) is 22.9 Å². The quantitative estimate of drug-likeness (QED) is 0.864. The third-order valence-electron chi connectivity index (χ3n) is 2.97. The second-order valence-corrected chi connectivity index (χ2v) is 4.37. The Bertz CT molecular complexity index is 649. The van der Waals surface area contributed by atoms with E-state index < -0.39 is 5.91 Å². The van der Waals surface area contributed by atoms with Gasteiger partial charge in [0.15, 0.2) is 11.5 Å². The zero-order valence-corrected chi connectivity index (χ0v) is 10.4. The van der Waals surface area contributed by atoms with Crippen LogP contribution in [0.5, 0.6) is 11.5 Å². The second kappa shape index (κ2) is 4.31. The zero-order chi connectivity index (χ0) is 13.4. The Morgan fingerprint density at radius 1 is 1.42 bits per heavy atom. The summed E-state index contributed by atoms with van der Waals surface area (Å²) < 4.78 is 10.6. The minimum absolute atomic E-state index is 0.132. The molecule has 0 bridgehead atoms. The molecule has 19 heavy (non-hydrogen) atoms. The number of ether oxygens (including phenoxy) is 2. The number of hydrogen-bond acceptors (Lipinski definition) is 4. The van der Waals surface area contributed by atoms with Gasteiger partial charge < -0.3 is 20.2 Å². The molecule has 1 aromatic heterocycles. The Kier molecular flexibility index (Phi) is 2.63. The van der Waals surface area contributed by atoms with Gasteiger partial charge >= 0.3 is 0 Å². The van der Waals surface area contributed by atoms with E-state index in [4.69, 9.17) is 15.2 Å². The average Bonchev–Trinajstić information content (AvgIpc) is 2.95. The fourth-order valence-corrected chi connectivity index (χ4v) is 2.01. The molecule has 0 unspecified atom stereocenters. The average molecular weight is 259 g/mol. The van der Waals surface area contributed by atoms with E-state index in [1.165, 1.54) is 0 Å². The molecule has 0 spiro atoms. The van der Waals surface area contributed by atoms with Crippen molar-refractivity contribution in [3.05, 3.63) is 29.6 Å². The summed E-state index contributed by atoms with van der Waals surface area (Å²) in [6.45, 7) is 2.10. The molecule has 0 saturated heterocycles. The summed E-state index contributed by atoms with van der Waals surface area (Å²) in [7, 11) is 0. The SMILES string of the molecule is Cc1[nH]c(-c2ccc3c(c2)OCO3)nc1CC(N)=O. The molecule has 1 aromatic carbocycles. The minimum atomic E-state index is -0.396. The highest BCUT2D eigenvalue weighted by Crippen LogP contribution is 2.35. The van der Waals surface area contributed by atoms with Crippen LogP contribution in [-0.2, 0) is 11.2 Å². The monoisotopic (exact) mass is 259 g/mol. The van der Waals surface area contributed by atoms with E-state index in [0.29, 0.717) is 17.3 Å². The van der Waals surface area contributed by atoms with Crippen LogP contribution in [0.4, 0.5) is 0 Å².